The van der Waals surface area contributed by atoms with Gasteiger partial charge in [0, 0.05) is 37.1 Å². The third-order valence-corrected chi connectivity index (χ3v) is 4.84. The molecule has 0 aromatic heterocycles. The standard InChI is InChI=1S/C24H27N3O4/c28-22(13-8-19-6-2-1-3-7-19)25-15-14-24(30)31-18-23(29)26-20-9-11-21(12-10-20)27-16-4-5-17-27/h1-3,6-13H,4-5,14-18H2,(H,25,28)(H,26,29)/b13-8+. The molecule has 2 aromatic rings. The molecule has 0 saturated carbocycles. The Morgan fingerprint density at radius 2 is 1.68 bits per heavy atom. The van der Waals surface area contributed by atoms with E-state index in [9.17, 15) is 14.4 Å². The van der Waals surface area contributed by atoms with Crippen LogP contribution in [0.4, 0.5) is 11.4 Å². The Kier molecular flexibility index (Phi) is 8.22. The van der Waals surface area contributed by atoms with Crippen LogP contribution in [0.1, 0.15) is 24.8 Å². The summed E-state index contributed by atoms with van der Waals surface area (Å²) in [6.45, 7) is 1.89. The number of amides is 2. The van der Waals surface area contributed by atoms with Gasteiger partial charge in [-0.1, -0.05) is 30.3 Å². The zero-order valence-corrected chi connectivity index (χ0v) is 17.4. The molecule has 1 saturated heterocycles. The van der Waals surface area contributed by atoms with E-state index in [1.807, 2.05) is 54.6 Å². The van der Waals surface area contributed by atoms with Crippen LogP contribution >= 0.6 is 0 Å². The fourth-order valence-electron chi connectivity index (χ4n) is 3.23. The Morgan fingerprint density at radius 3 is 2.39 bits per heavy atom. The van der Waals surface area contributed by atoms with Gasteiger partial charge in [0.15, 0.2) is 6.61 Å². The normalized spacial score (nSPS) is 13.2. The maximum Gasteiger partial charge on any atom is 0.308 e. The molecule has 2 amide bonds. The SMILES string of the molecule is O=C(/C=C/c1ccccc1)NCCC(=O)OCC(=O)Nc1ccc(N2CCCC2)cc1. The first kappa shape index (κ1) is 22.1. The number of nitrogens with zero attached hydrogens (tertiary/aromatic N) is 1. The van der Waals surface area contributed by atoms with Crippen LogP contribution in [0.3, 0.4) is 0 Å². The van der Waals surface area contributed by atoms with Gasteiger partial charge in [0.05, 0.1) is 6.42 Å². The quantitative estimate of drug-likeness (QED) is 0.480. The molecule has 7 heteroatoms. The minimum absolute atomic E-state index is 0.0112. The van der Waals surface area contributed by atoms with Crippen LogP contribution in [0.25, 0.3) is 6.08 Å². The zero-order chi connectivity index (χ0) is 21.9. The highest BCUT2D eigenvalue weighted by Crippen LogP contribution is 2.21. The summed E-state index contributed by atoms with van der Waals surface area (Å²) in [5, 5.41) is 5.32. The van der Waals surface area contributed by atoms with Crippen molar-refractivity contribution in [3.63, 3.8) is 0 Å². The first-order valence-electron chi connectivity index (χ1n) is 10.4. The molecule has 3 rings (SSSR count). The molecule has 0 bridgehead atoms. The molecule has 2 aromatic carbocycles. The fourth-order valence-corrected chi connectivity index (χ4v) is 3.23. The van der Waals surface area contributed by atoms with Crippen LogP contribution in [0, 0.1) is 0 Å². The van der Waals surface area contributed by atoms with E-state index in [4.69, 9.17) is 4.74 Å². The molecule has 0 unspecified atom stereocenters. The molecule has 7 nitrogen and oxygen atoms in total. The largest absolute Gasteiger partial charge is 0.456 e. The molecule has 31 heavy (non-hydrogen) atoms. The van der Waals surface area contributed by atoms with E-state index in [2.05, 4.69) is 15.5 Å². The minimum atomic E-state index is -0.549. The number of esters is 1. The van der Waals surface area contributed by atoms with Gasteiger partial charge in [0.25, 0.3) is 5.91 Å². The van der Waals surface area contributed by atoms with Crippen LogP contribution in [-0.4, -0.2) is 44.0 Å². The van der Waals surface area contributed by atoms with Crippen LogP contribution in [0.15, 0.2) is 60.7 Å². The van der Waals surface area contributed by atoms with E-state index < -0.39 is 11.9 Å². The van der Waals surface area contributed by atoms with Gasteiger partial charge in [0.1, 0.15) is 0 Å². The summed E-state index contributed by atoms with van der Waals surface area (Å²) in [7, 11) is 0. The summed E-state index contributed by atoms with van der Waals surface area (Å²) in [6.07, 6.45) is 5.50. The maximum absolute atomic E-state index is 12.0. The number of rotatable bonds is 9. The van der Waals surface area contributed by atoms with Crippen molar-refractivity contribution in [1.29, 1.82) is 0 Å². The topological polar surface area (TPSA) is 87.7 Å². The average molecular weight is 421 g/mol. The fraction of sp³-hybridized carbons (Fsp3) is 0.292. The van der Waals surface area contributed by atoms with E-state index in [0.29, 0.717) is 5.69 Å². The van der Waals surface area contributed by atoms with Crippen molar-refractivity contribution < 1.29 is 19.1 Å². The van der Waals surface area contributed by atoms with Gasteiger partial charge in [0.2, 0.25) is 5.91 Å². The van der Waals surface area contributed by atoms with Gasteiger partial charge in [-0.3, -0.25) is 14.4 Å². The van der Waals surface area contributed by atoms with Crippen LogP contribution < -0.4 is 15.5 Å². The van der Waals surface area contributed by atoms with E-state index in [-0.39, 0.29) is 25.5 Å². The van der Waals surface area contributed by atoms with Gasteiger partial charge < -0.3 is 20.3 Å². The number of ether oxygens (including phenoxy) is 1. The molecule has 0 radical (unpaired) electrons. The number of anilines is 2. The summed E-state index contributed by atoms with van der Waals surface area (Å²) < 4.78 is 4.96. The van der Waals surface area contributed by atoms with Gasteiger partial charge in [-0.05, 0) is 48.7 Å². The lowest BCUT2D eigenvalue weighted by Gasteiger charge is -2.17. The first-order valence-corrected chi connectivity index (χ1v) is 10.4. The number of nitrogens with one attached hydrogen (secondary N) is 2. The highest BCUT2D eigenvalue weighted by Gasteiger charge is 2.12. The predicted molar refractivity (Wildman–Crippen MR) is 121 cm³/mol. The lowest BCUT2D eigenvalue weighted by atomic mass is 10.2. The Bertz CT molecular complexity index is 904. The molecule has 1 aliphatic heterocycles. The van der Waals surface area contributed by atoms with Crippen LogP contribution in [-0.2, 0) is 19.1 Å². The van der Waals surface area contributed by atoms with E-state index in [0.717, 1.165) is 24.3 Å². The molecule has 1 aliphatic rings. The molecular weight excluding hydrogens is 394 g/mol. The van der Waals surface area contributed by atoms with Crippen molar-refractivity contribution in [3.8, 4) is 0 Å². The van der Waals surface area contributed by atoms with Crippen molar-refractivity contribution >= 4 is 35.2 Å². The van der Waals surface area contributed by atoms with Crippen molar-refractivity contribution in [3.05, 3.63) is 66.2 Å². The van der Waals surface area contributed by atoms with Crippen LogP contribution in [0.2, 0.25) is 0 Å². The Labute approximate surface area is 182 Å². The van der Waals surface area contributed by atoms with Gasteiger partial charge in [-0.25, -0.2) is 0 Å². The summed E-state index contributed by atoms with van der Waals surface area (Å²) >= 11 is 0. The number of benzene rings is 2. The van der Waals surface area contributed by atoms with Crippen molar-refractivity contribution in [2.75, 3.05) is 36.5 Å². The summed E-state index contributed by atoms with van der Waals surface area (Å²) in [6, 6.07) is 17.1. The van der Waals surface area contributed by atoms with Gasteiger partial charge in [-0.2, -0.15) is 0 Å². The molecule has 1 heterocycles. The van der Waals surface area contributed by atoms with Crippen molar-refractivity contribution in [1.82, 2.24) is 5.32 Å². The molecule has 0 atom stereocenters. The smallest absolute Gasteiger partial charge is 0.308 e. The molecule has 0 aliphatic carbocycles. The predicted octanol–water partition coefficient (Wildman–Crippen LogP) is 2.99. The molecular formula is C24H27N3O4. The number of hydrogen-bond donors (Lipinski definition) is 2. The molecule has 1 fully saturated rings. The number of carbonyl (C=O) groups is 3. The molecule has 0 spiro atoms. The minimum Gasteiger partial charge on any atom is -0.456 e. The summed E-state index contributed by atoms with van der Waals surface area (Å²) in [5.74, 6) is -1.25. The lowest BCUT2D eigenvalue weighted by molar-refractivity contribution is -0.147. The average Bonchev–Trinajstić information content (AvgIpc) is 3.32. The van der Waals surface area contributed by atoms with Crippen LogP contribution in [0.5, 0.6) is 0 Å². The monoisotopic (exact) mass is 421 g/mol. The van der Waals surface area contributed by atoms with Gasteiger partial charge >= 0.3 is 5.97 Å². The lowest BCUT2D eigenvalue weighted by Crippen LogP contribution is -2.26. The number of carbonyl (C=O) groups excluding carboxylic acids is 3. The Balaban J connectivity index is 1.30. The first-order chi connectivity index (χ1) is 15.1. The van der Waals surface area contributed by atoms with Gasteiger partial charge in [-0.15, -0.1) is 0 Å². The summed E-state index contributed by atoms with van der Waals surface area (Å²) in [5.41, 5.74) is 2.71. The van der Waals surface area contributed by atoms with E-state index in [1.165, 1.54) is 18.9 Å². The second-order valence-corrected chi connectivity index (χ2v) is 7.23. The highest BCUT2D eigenvalue weighted by atomic mass is 16.5. The maximum atomic E-state index is 12.0. The summed E-state index contributed by atoms with van der Waals surface area (Å²) in [4.78, 5) is 37.8. The molecule has 162 valence electrons. The second-order valence-electron chi connectivity index (χ2n) is 7.23. The van der Waals surface area contributed by atoms with Crippen molar-refractivity contribution in [2.24, 2.45) is 0 Å². The van der Waals surface area contributed by atoms with E-state index >= 15 is 0 Å². The number of hydrogen-bond acceptors (Lipinski definition) is 5. The Morgan fingerprint density at radius 1 is 0.968 bits per heavy atom. The van der Waals surface area contributed by atoms with E-state index in [1.54, 1.807) is 6.08 Å². The molecule has 2 N–H and O–H groups in total. The Hall–Kier alpha value is -3.61. The highest BCUT2D eigenvalue weighted by molar-refractivity contribution is 5.93. The third-order valence-electron chi connectivity index (χ3n) is 4.84. The second kappa shape index (κ2) is 11.5. The third kappa shape index (κ3) is 7.62. The van der Waals surface area contributed by atoms with Crippen molar-refractivity contribution in [2.45, 2.75) is 19.3 Å². The zero-order valence-electron chi connectivity index (χ0n) is 17.4.